The van der Waals surface area contributed by atoms with Crippen molar-refractivity contribution in [2.24, 2.45) is 0 Å². The van der Waals surface area contributed by atoms with E-state index in [1.54, 1.807) is 30.3 Å². The molecule has 0 aliphatic heterocycles. The fourth-order valence-corrected chi connectivity index (χ4v) is 4.13. The number of nitrogens with zero attached hydrogens (tertiary/aromatic N) is 3. The molecular weight excluding hydrogens is 493 g/mol. The van der Waals surface area contributed by atoms with Gasteiger partial charge in [-0.15, -0.1) is 10.2 Å². The molecule has 0 atom stereocenters. The van der Waals surface area contributed by atoms with Gasteiger partial charge in [0.1, 0.15) is 0 Å². The standard InChI is InChI=1S/C21H20Cl3N5O2S/c1-3-29-18(10-25-20(31)13-7-8-15(23)16(24)9-13)27-28-21(29)32-11-19(30)26-17-6-4-5-14(22)12(17)2/h4-9H,3,10-11H2,1-2H3,(H,25,31)(H,26,30). The second-order valence-corrected chi connectivity index (χ2v) is 8.87. The van der Waals surface area contributed by atoms with Crippen molar-refractivity contribution in [3.63, 3.8) is 0 Å². The van der Waals surface area contributed by atoms with Gasteiger partial charge in [0, 0.05) is 22.8 Å². The minimum absolute atomic E-state index is 0.152. The van der Waals surface area contributed by atoms with E-state index in [9.17, 15) is 9.59 Å². The van der Waals surface area contributed by atoms with Gasteiger partial charge in [-0.2, -0.15) is 0 Å². The molecule has 3 aromatic rings. The Morgan fingerprint density at radius 1 is 1.06 bits per heavy atom. The molecule has 1 heterocycles. The predicted molar refractivity (Wildman–Crippen MR) is 129 cm³/mol. The molecule has 0 fully saturated rings. The lowest BCUT2D eigenvalue weighted by molar-refractivity contribution is -0.113. The average Bonchev–Trinajstić information content (AvgIpc) is 3.17. The van der Waals surface area contributed by atoms with Gasteiger partial charge in [-0.3, -0.25) is 9.59 Å². The summed E-state index contributed by atoms with van der Waals surface area (Å²) in [6.45, 7) is 4.54. The number of carbonyl (C=O) groups excluding carboxylic acids is 2. The second kappa shape index (κ2) is 11.0. The number of carbonyl (C=O) groups is 2. The van der Waals surface area contributed by atoms with Crippen LogP contribution >= 0.6 is 46.6 Å². The number of hydrogen-bond donors (Lipinski definition) is 2. The number of amides is 2. The third-order valence-corrected chi connectivity index (χ3v) is 6.69. The van der Waals surface area contributed by atoms with Gasteiger partial charge in [-0.05, 0) is 49.7 Å². The van der Waals surface area contributed by atoms with Crippen LogP contribution in [0, 0.1) is 6.92 Å². The highest BCUT2D eigenvalue weighted by atomic mass is 35.5. The van der Waals surface area contributed by atoms with Crippen molar-refractivity contribution in [1.29, 1.82) is 0 Å². The van der Waals surface area contributed by atoms with E-state index < -0.39 is 0 Å². The van der Waals surface area contributed by atoms with Crippen molar-refractivity contribution in [1.82, 2.24) is 20.1 Å². The van der Waals surface area contributed by atoms with Gasteiger partial charge in [-0.25, -0.2) is 0 Å². The van der Waals surface area contributed by atoms with Crippen LogP contribution in [0.25, 0.3) is 0 Å². The molecule has 0 aliphatic rings. The average molecular weight is 513 g/mol. The number of aromatic nitrogens is 3. The number of rotatable bonds is 8. The number of benzene rings is 2. The van der Waals surface area contributed by atoms with Crippen molar-refractivity contribution in [2.75, 3.05) is 11.1 Å². The number of halogens is 3. The van der Waals surface area contributed by atoms with Gasteiger partial charge < -0.3 is 15.2 Å². The molecule has 0 saturated carbocycles. The monoisotopic (exact) mass is 511 g/mol. The summed E-state index contributed by atoms with van der Waals surface area (Å²) in [6, 6.07) is 10.0. The predicted octanol–water partition coefficient (Wildman–Crippen LogP) is 5.23. The maximum absolute atomic E-state index is 12.4. The quantitative estimate of drug-likeness (QED) is 0.404. The molecule has 0 spiro atoms. The summed E-state index contributed by atoms with van der Waals surface area (Å²) in [5, 5.41) is 15.8. The minimum Gasteiger partial charge on any atom is -0.345 e. The van der Waals surface area contributed by atoms with Crippen LogP contribution in [0.3, 0.4) is 0 Å². The Balaban J connectivity index is 1.59. The molecule has 168 valence electrons. The van der Waals surface area contributed by atoms with Crippen LogP contribution in [0.5, 0.6) is 0 Å². The smallest absolute Gasteiger partial charge is 0.251 e. The summed E-state index contributed by atoms with van der Waals surface area (Å²) in [5.41, 5.74) is 1.87. The number of hydrogen-bond acceptors (Lipinski definition) is 5. The fourth-order valence-electron chi connectivity index (χ4n) is 2.83. The summed E-state index contributed by atoms with van der Waals surface area (Å²) >= 11 is 19.2. The lowest BCUT2D eigenvalue weighted by Crippen LogP contribution is -2.24. The molecule has 0 radical (unpaired) electrons. The van der Waals surface area contributed by atoms with Gasteiger partial charge in [0.25, 0.3) is 5.91 Å². The van der Waals surface area contributed by atoms with E-state index in [-0.39, 0.29) is 24.1 Å². The molecule has 0 aliphatic carbocycles. The summed E-state index contributed by atoms with van der Waals surface area (Å²) in [5.74, 6) is 0.245. The van der Waals surface area contributed by atoms with Crippen LogP contribution in [0.1, 0.15) is 28.7 Å². The van der Waals surface area contributed by atoms with Crippen molar-refractivity contribution in [2.45, 2.75) is 32.1 Å². The zero-order valence-electron chi connectivity index (χ0n) is 17.3. The summed E-state index contributed by atoms with van der Waals surface area (Å²) < 4.78 is 1.84. The Bertz CT molecular complexity index is 1150. The molecule has 32 heavy (non-hydrogen) atoms. The van der Waals surface area contributed by atoms with Gasteiger partial charge in [-0.1, -0.05) is 52.6 Å². The Labute approximate surface area is 204 Å². The van der Waals surface area contributed by atoms with Crippen molar-refractivity contribution < 1.29 is 9.59 Å². The molecule has 7 nitrogen and oxygen atoms in total. The molecule has 11 heteroatoms. The Morgan fingerprint density at radius 3 is 2.56 bits per heavy atom. The first-order valence-corrected chi connectivity index (χ1v) is 11.7. The van der Waals surface area contributed by atoms with Gasteiger partial charge in [0.15, 0.2) is 11.0 Å². The van der Waals surface area contributed by atoms with Gasteiger partial charge in [0.2, 0.25) is 5.91 Å². The summed E-state index contributed by atoms with van der Waals surface area (Å²) in [4.78, 5) is 24.8. The first kappa shape index (κ1) is 24.4. The molecule has 0 unspecified atom stereocenters. The van der Waals surface area contributed by atoms with Crippen LogP contribution in [-0.2, 0) is 17.9 Å². The highest BCUT2D eigenvalue weighted by Crippen LogP contribution is 2.24. The molecule has 2 N–H and O–H groups in total. The molecule has 0 saturated heterocycles. The number of anilines is 1. The lowest BCUT2D eigenvalue weighted by Gasteiger charge is -2.10. The first-order valence-electron chi connectivity index (χ1n) is 9.63. The Kier molecular flexibility index (Phi) is 8.42. The van der Waals surface area contributed by atoms with Crippen molar-refractivity contribution in [3.8, 4) is 0 Å². The largest absolute Gasteiger partial charge is 0.345 e. The van der Waals surface area contributed by atoms with Gasteiger partial charge >= 0.3 is 0 Å². The fraction of sp³-hybridized carbons (Fsp3) is 0.238. The minimum atomic E-state index is -0.306. The third-order valence-electron chi connectivity index (χ3n) is 4.57. The van der Waals surface area contributed by atoms with Crippen LogP contribution in [0.4, 0.5) is 5.69 Å². The van der Waals surface area contributed by atoms with Crippen molar-refractivity contribution in [3.05, 3.63) is 68.4 Å². The molecule has 1 aromatic heterocycles. The van der Waals surface area contributed by atoms with Crippen LogP contribution < -0.4 is 10.6 Å². The topological polar surface area (TPSA) is 88.9 Å². The maximum Gasteiger partial charge on any atom is 0.251 e. The second-order valence-electron chi connectivity index (χ2n) is 6.70. The zero-order valence-corrected chi connectivity index (χ0v) is 20.4. The van der Waals surface area contributed by atoms with E-state index in [1.165, 1.54) is 17.8 Å². The third kappa shape index (κ3) is 5.95. The van der Waals surface area contributed by atoms with E-state index in [0.29, 0.717) is 43.8 Å². The highest BCUT2D eigenvalue weighted by Gasteiger charge is 2.15. The molecule has 0 bridgehead atoms. The van der Waals surface area contributed by atoms with E-state index in [0.717, 1.165) is 5.56 Å². The lowest BCUT2D eigenvalue weighted by atomic mass is 10.2. The van der Waals surface area contributed by atoms with Crippen LogP contribution in [0.2, 0.25) is 15.1 Å². The molecule has 3 rings (SSSR count). The van der Waals surface area contributed by atoms with Crippen LogP contribution in [0.15, 0.2) is 41.6 Å². The zero-order chi connectivity index (χ0) is 23.3. The molecule has 2 aromatic carbocycles. The summed E-state index contributed by atoms with van der Waals surface area (Å²) in [7, 11) is 0. The SMILES string of the molecule is CCn1c(CNC(=O)c2ccc(Cl)c(Cl)c2)nnc1SCC(=O)Nc1cccc(Cl)c1C. The van der Waals surface area contributed by atoms with E-state index >= 15 is 0 Å². The first-order chi connectivity index (χ1) is 15.3. The molecular formula is C21H20Cl3N5O2S. The normalized spacial score (nSPS) is 10.8. The Morgan fingerprint density at radius 2 is 1.84 bits per heavy atom. The Hall–Kier alpha value is -2.26. The number of thioether (sulfide) groups is 1. The van der Waals surface area contributed by atoms with E-state index in [1.807, 2.05) is 18.4 Å². The van der Waals surface area contributed by atoms with Crippen LogP contribution in [-0.4, -0.2) is 32.3 Å². The maximum atomic E-state index is 12.4. The van der Waals surface area contributed by atoms with E-state index in [4.69, 9.17) is 34.8 Å². The van der Waals surface area contributed by atoms with Crippen molar-refractivity contribution >= 4 is 64.1 Å². The summed E-state index contributed by atoms with van der Waals surface area (Å²) in [6.07, 6.45) is 0. The van der Waals surface area contributed by atoms with Gasteiger partial charge in [0.05, 0.1) is 22.3 Å². The number of nitrogens with one attached hydrogen (secondary N) is 2. The highest BCUT2D eigenvalue weighted by molar-refractivity contribution is 7.99. The van der Waals surface area contributed by atoms with E-state index in [2.05, 4.69) is 20.8 Å². The molecule has 2 amide bonds.